The van der Waals surface area contributed by atoms with Crippen LogP contribution in [0.25, 0.3) is 21.7 Å². The summed E-state index contributed by atoms with van der Waals surface area (Å²) in [5, 5.41) is 3.62. The normalized spacial score (nSPS) is 11.3. The number of halogens is 1. The molecule has 2 nitrogen and oxygen atoms in total. The van der Waals surface area contributed by atoms with Gasteiger partial charge in [0.2, 0.25) is 0 Å². The number of aryl methyl sites for hydroxylation is 1. The lowest BCUT2D eigenvalue weighted by atomic mass is 9.97. The highest BCUT2D eigenvalue weighted by atomic mass is 35.5. The first-order valence-corrected chi connectivity index (χ1v) is 9.87. The van der Waals surface area contributed by atoms with Crippen LogP contribution in [0.2, 0.25) is 5.02 Å². The summed E-state index contributed by atoms with van der Waals surface area (Å²) in [4.78, 5) is 13.5. The molecule has 136 valence electrons. The van der Waals surface area contributed by atoms with Crippen LogP contribution in [-0.2, 0) is 6.54 Å². The molecule has 3 aromatic carbocycles. The quantitative estimate of drug-likeness (QED) is 0.266. The number of hydrogen-bond acceptors (Lipinski definition) is 1. The maximum atomic E-state index is 13.5. The van der Waals surface area contributed by atoms with Gasteiger partial charge in [0.1, 0.15) is 0 Å². The molecule has 0 N–H and O–H groups in total. The number of carbonyl (C=O) groups excluding carboxylic acids is 1. The smallest absolute Gasteiger partial charge is 0.195 e. The molecule has 1 heterocycles. The molecule has 0 atom stereocenters. The fourth-order valence-electron chi connectivity index (χ4n) is 3.74. The van der Waals surface area contributed by atoms with Gasteiger partial charge in [-0.25, -0.2) is 0 Å². The van der Waals surface area contributed by atoms with Gasteiger partial charge in [0, 0.05) is 39.8 Å². The molecule has 0 aliphatic heterocycles. The fraction of sp³-hybridized carbons (Fsp3) is 0.208. The molecule has 1 aromatic heterocycles. The van der Waals surface area contributed by atoms with E-state index in [1.54, 1.807) is 0 Å². The molecule has 0 bridgehead atoms. The second kappa shape index (κ2) is 7.58. The Bertz CT molecular complexity index is 1130. The molecule has 0 aliphatic carbocycles. The van der Waals surface area contributed by atoms with Crippen molar-refractivity contribution in [3.05, 3.63) is 83.0 Å². The molecule has 0 amide bonds. The Balaban J connectivity index is 1.82. The summed E-state index contributed by atoms with van der Waals surface area (Å²) in [5.74, 6) is 0.0633. The van der Waals surface area contributed by atoms with Crippen LogP contribution in [0.1, 0.15) is 42.1 Å². The number of carbonyl (C=O) groups is 1. The predicted octanol–water partition coefficient (Wildman–Crippen LogP) is 6.87. The van der Waals surface area contributed by atoms with Gasteiger partial charge >= 0.3 is 0 Å². The fourth-order valence-corrected chi connectivity index (χ4v) is 3.92. The van der Waals surface area contributed by atoms with E-state index >= 15 is 0 Å². The monoisotopic (exact) mass is 375 g/mol. The maximum Gasteiger partial charge on any atom is 0.195 e. The molecule has 27 heavy (non-hydrogen) atoms. The Labute approximate surface area is 164 Å². The molecule has 0 spiro atoms. The third-order valence-electron chi connectivity index (χ3n) is 5.12. The van der Waals surface area contributed by atoms with Crippen LogP contribution in [0.4, 0.5) is 0 Å². The number of aromatic nitrogens is 1. The minimum atomic E-state index is 0.0633. The highest BCUT2D eigenvalue weighted by Gasteiger charge is 2.18. The second-order valence-electron chi connectivity index (χ2n) is 6.96. The number of para-hydroxylation sites is 1. The molecule has 0 fully saturated rings. The van der Waals surface area contributed by atoms with E-state index in [0.29, 0.717) is 5.02 Å². The zero-order valence-corrected chi connectivity index (χ0v) is 16.2. The topological polar surface area (TPSA) is 22.0 Å². The number of fused-ring (bicyclic) bond motifs is 2. The van der Waals surface area contributed by atoms with Crippen LogP contribution in [0, 0.1) is 0 Å². The van der Waals surface area contributed by atoms with Crippen molar-refractivity contribution in [2.24, 2.45) is 0 Å². The summed E-state index contributed by atoms with van der Waals surface area (Å²) < 4.78 is 2.22. The third kappa shape index (κ3) is 3.38. The second-order valence-corrected chi connectivity index (χ2v) is 7.40. The predicted molar refractivity (Wildman–Crippen MR) is 114 cm³/mol. The number of hydrogen-bond donors (Lipinski definition) is 0. The van der Waals surface area contributed by atoms with E-state index in [2.05, 4.69) is 17.6 Å². The number of unbranched alkanes of at least 4 members (excludes halogenated alkanes) is 2. The van der Waals surface area contributed by atoms with E-state index < -0.39 is 0 Å². The van der Waals surface area contributed by atoms with Crippen LogP contribution in [0.15, 0.2) is 66.9 Å². The summed E-state index contributed by atoms with van der Waals surface area (Å²) in [6.07, 6.45) is 5.52. The Morgan fingerprint density at radius 3 is 2.63 bits per heavy atom. The summed E-state index contributed by atoms with van der Waals surface area (Å²) >= 11 is 6.12. The number of ketones is 1. The lowest BCUT2D eigenvalue weighted by molar-refractivity contribution is 0.104. The molecule has 4 rings (SSSR count). The zero-order chi connectivity index (χ0) is 18.8. The lowest BCUT2D eigenvalue weighted by Gasteiger charge is -2.06. The molecule has 0 unspecified atom stereocenters. The first kappa shape index (κ1) is 17.8. The van der Waals surface area contributed by atoms with Gasteiger partial charge < -0.3 is 4.57 Å². The minimum absolute atomic E-state index is 0.0633. The van der Waals surface area contributed by atoms with E-state index in [1.807, 2.05) is 60.8 Å². The highest BCUT2D eigenvalue weighted by molar-refractivity contribution is 6.31. The zero-order valence-electron chi connectivity index (χ0n) is 15.4. The van der Waals surface area contributed by atoms with E-state index in [0.717, 1.165) is 45.8 Å². The average Bonchev–Trinajstić information content (AvgIpc) is 3.06. The standard InChI is InChI=1S/C24H22ClNO/c1-2-3-6-14-26-16-22(20-9-4-5-11-23(20)26)24(27)21-10-7-8-17-15-18(25)12-13-19(17)21/h4-5,7-13,15-16H,2-3,6,14H2,1H3. The molecule has 0 aliphatic rings. The van der Waals surface area contributed by atoms with Crippen molar-refractivity contribution >= 4 is 39.1 Å². The number of rotatable bonds is 6. The van der Waals surface area contributed by atoms with Gasteiger partial charge in [0.05, 0.1) is 0 Å². The van der Waals surface area contributed by atoms with Gasteiger partial charge in [-0.3, -0.25) is 4.79 Å². The van der Waals surface area contributed by atoms with Crippen molar-refractivity contribution in [2.45, 2.75) is 32.7 Å². The van der Waals surface area contributed by atoms with Crippen molar-refractivity contribution < 1.29 is 4.79 Å². The number of benzene rings is 3. The Hall–Kier alpha value is -2.58. The van der Waals surface area contributed by atoms with E-state index in [1.165, 1.54) is 12.8 Å². The molecule has 0 radical (unpaired) electrons. The molecular formula is C24H22ClNO. The third-order valence-corrected chi connectivity index (χ3v) is 5.36. The molecule has 0 saturated carbocycles. The summed E-state index contributed by atoms with van der Waals surface area (Å²) in [6, 6.07) is 19.7. The van der Waals surface area contributed by atoms with Crippen LogP contribution in [0.3, 0.4) is 0 Å². The van der Waals surface area contributed by atoms with E-state index in [9.17, 15) is 4.79 Å². The van der Waals surface area contributed by atoms with E-state index in [4.69, 9.17) is 11.6 Å². The Morgan fingerprint density at radius 2 is 1.78 bits per heavy atom. The molecular weight excluding hydrogens is 354 g/mol. The van der Waals surface area contributed by atoms with Gasteiger partial charge in [-0.2, -0.15) is 0 Å². The van der Waals surface area contributed by atoms with Gasteiger partial charge in [0.15, 0.2) is 5.78 Å². The first-order valence-electron chi connectivity index (χ1n) is 9.50. The first-order chi connectivity index (χ1) is 13.2. The molecule has 0 saturated heterocycles. The maximum absolute atomic E-state index is 13.5. The SMILES string of the molecule is CCCCCn1cc(C(=O)c2cccc3cc(Cl)ccc23)c2ccccc21. The van der Waals surface area contributed by atoms with E-state index in [-0.39, 0.29) is 5.78 Å². The number of nitrogens with zero attached hydrogens (tertiary/aromatic N) is 1. The van der Waals surface area contributed by atoms with Crippen molar-refractivity contribution in [3.63, 3.8) is 0 Å². The molecule has 3 heteroatoms. The van der Waals surface area contributed by atoms with Crippen LogP contribution < -0.4 is 0 Å². The van der Waals surface area contributed by atoms with Crippen LogP contribution in [-0.4, -0.2) is 10.4 Å². The Morgan fingerprint density at radius 1 is 0.926 bits per heavy atom. The minimum Gasteiger partial charge on any atom is -0.347 e. The van der Waals surface area contributed by atoms with Gasteiger partial charge in [0.25, 0.3) is 0 Å². The Kier molecular flexibility index (Phi) is 5.00. The van der Waals surface area contributed by atoms with Gasteiger partial charge in [-0.15, -0.1) is 0 Å². The van der Waals surface area contributed by atoms with Crippen molar-refractivity contribution in [3.8, 4) is 0 Å². The highest BCUT2D eigenvalue weighted by Crippen LogP contribution is 2.28. The largest absolute Gasteiger partial charge is 0.347 e. The lowest BCUT2D eigenvalue weighted by Crippen LogP contribution is -2.02. The average molecular weight is 376 g/mol. The summed E-state index contributed by atoms with van der Waals surface area (Å²) in [6.45, 7) is 3.14. The molecule has 4 aromatic rings. The van der Waals surface area contributed by atoms with Crippen LogP contribution in [0.5, 0.6) is 0 Å². The van der Waals surface area contributed by atoms with Crippen molar-refractivity contribution in [1.82, 2.24) is 4.57 Å². The van der Waals surface area contributed by atoms with Gasteiger partial charge in [-0.1, -0.05) is 73.8 Å². The van der Waals surface area contributed by atoms with Crippen molar-refractivity contribution in [2.75, 3.05) is 0 Å². The van der Waals surface area contributed by atoms with Gasteiger partial charge in [-0.05, 0) is 35.4 Å². The van der Waals surface area contributed by atoms with Crippen molar-refractivity contribution in [1.29, 1.82) is 0 Å². The van der Waals surface area contributed by atoms with Crippen LogP contribution >= 0.6 is 11.6 Å². The summed E-state index contributed by atoms with van der Waals surface area (Å²) in [7, 11) is 0. The summed E-state index contributed by atoms with van der Waals surface area (Å²) in [5.41, 5.74) is 2.62.